The minimum Gasteiger partial charge on any atom is -0.359 e. The van der Waals surface area contributed by atoms with Gasteiger partial charge < -0.3 is 4.18 Å². The van der Waals surface area contributed by atoms with E-state index in [-0.39, 0.29) is 5.56 Å². The third kappa shape index (κ3) is 2.84. The lowest BCUT2D eigenvalue weighted by Gasteiger charge is -2.23. The van der Waals surface area contributed by atoms with Crippen molar-refractivity contribution in [3.05, 3.63) is 17.2 Å². The lowest BCUT2D eigenvalue weighted by atomic mass is 10.0. The van der Waals surface area contributed by atoms with Crippen molar-refractivity contribution in [3.63, 3.8) is 0 Å². The molecule has 9 nitrogen and oxygen atoms in total. The van der Waals surface area contributed by atoms with Gasteiger partial charge in [0.15, 0.2) is 5.75 Å². The Morgan fingerprint density at radius 2 is 1.73 bits per heavy atom. The van der Waals surface area contributed by atoms with Gasteiger partial charge in [0, 0.05) is 5.56 Å². The Labute approximate surface area is 128 Å². The van der Waals surface area contributed by atoms with Crippen LogP contribution >= 0.6 is 0 Å². The summed E-state index contributed by atoms with van der Waals surface area (Å²) < 4.78 is 87.4. The van der Waals surface area contributed by atoms with Crippen molar-refractivity contribution < 1.29 is 37.6 Å². The van der Waals surface area contributed by atoms with Crippen molar-refractivity contribution in [2.24, 2.45) is 0 Å². The number of rotatable bonds is 2. The zero-order valence-electron chi connectivity index (χ0n) is 11.6. The van der Waals surface area contributed by atoms with Crippen LogP contribution < -0.4 is 4.18 Å². The molecule has 0 atom stereocenters. The third-order valence-electron chi connectivity index (χ3n) is 2.97. The third-order valence-corrected chi connectivity index (χ3v) is 6.70. The molecule has 1 aromatic rings. The van der Waals surface area contributed by atoms with E-state index in [9.17, 15) is 29.8 Å². The summed E-state index contributed by atoms with van der Waals surface area (Å²) in [6, 6.07) is 0.977. The fraction of sp³-hybridized carbons (Fsp3) is 0.400. The lowest BCUT2D eigenvalue weighted by Crippen LogP contribution is -2.27. The highest BCUT2D eigenvalue weighted by Crippen LogP contribution is 2.43. The van der Waals surface area contributed by atoms with Gasteiger partial charge in [-0.1, -0.05) is 13.8 Å². The van der Waals surface area contributed by atoms with Gasteiger partial charge in [0.1, 0.15) is 4.90 Å². The summed E-state index contributed by atoms with van der Waals surface area (Å²) in [5.41, 5.74) is -0.402. The van der Waals surface area contributed by atoms with E-state index in [4.69, 9.17) is 0 Å². The summed E-state index contributed by atoms with van der Waals surface area (Å²) in [6.45, 7) is 4.22. The number of hydrogen-bond acceptors (Lipinski definition) is 8. The quantitative estimate of drug-likeness (QED) is 0.743. The SMILES string of the molecule is Cc1c(S(=O)(=O)O)cc(C(C)C)c2c1S(=O)(=O)OS(=O)(=O)O2. The van der Waals surface area contributed by atoms with Gasteiger partial charge in [0.05, 0.1) is 4.90 Å². The highest BCUT2D eigenvalue weighted by molar-refractivity contribution is 7.98. The maximum atomic E-state index is 12.0. The van der Waals surface area contributed by atoms with Crippen LogP contribution in [0.2, 0.25) is 0 Å². The molecule has 1 aliphatic rings. The molecule has 124 valence electrons. The number of fused-ring (bicyclic) bond motifs is 1. The van der Waals surface area contributed by atoms with Crippen LogP contribution in [0.1, 0.15) is 30.9 Å². The Morgan fingerprint density at radius 3 is 2.18 bits per heavy atom. The maximum absolute atomic E-state index is 12.0. The van der Waals surface area contributed by atoms with Gasteiger partial charge in [-0.05, 0) is 24.5 Å². The van der Waals surface area contributed by atoms with Gasteiger partial charge in [-0.2, -0.15) is 25.3 Å². The Bertz CT molecular complexity index is 953. The van der Waals surface area contributed by atoms with E-state index >= 15 is 0 Å². The van der Waals surface area contributed by atoms with Crippen molar-refractivity contribution in [3.8, 4) is 5.75 Å². The lowest BCUT2D eigenvalue weighted by molar-refractivity contribution is 0.365. The van der Waals surface area contributed by atoms with Crippen LogP contribution in [-0.4, -0.2) is 29.8 Å². The zero-order chi connectivity index (χ0) is 17.1. The Balaban J connectivity index is 3.05. The van der Waals surface area contributed by atoms with Gasteiger partial charge in [-0.3, -0.25) is 4.55 Å². The van der Waals surface area contributed by atoms with Crippen LogP contribution in [0.4, 0.5) is 0 Å². The molecule has 0 saturated carbocycles. The molecule has 0 spiro atoms. The summed E-state index contributed by atoms with van der Waals surface area (Å²) in [4.78, 5) is -1.40. The summed E-state index contributed by atoms with van der Waals surface area (Å²) in [5.74, 6) is -1.01. The van der Waals surface area contributed by atoms with Crippen molar-refractivity contribution in [2.45, 2.75) is 36.5 Å². The average molecular weight is 372 g/mol. The molecule has 0 saturated heterocycles. The zero-order valence-corrected chi connectivity index (χ0v) is 14.0. The van der Waals surface area contributed by atoms with E-state index in [2.05, 4.69) is 7.81 Å². The summed E-state index contributed by atoms with van der Waals surface area (Å²) >= 11 is 0. The van der Waals surface area contributed by atoms with E-state index in [1.165, 1.54) is 0 Å². The molecule has 1 N–H and O–H groups in total. The van der Waals surface area contributed by atoms with Crippen LogP contribution in [0.15, 0.2) is 15.9 Å². The highest BCUT2D eigenvalue weighted by atomic mass is 32.3. The molecule has 0 radical (unpaired) electrons. The molecule has 12 heteroatoms. The van der Waals surface area contributed by atoms with Crippen molar-refractivity contribution in [2.75, 3.05) is 0 Å². The standard InChI is InChI=1S/C10H12O9S3/c1-5(2)7-4-8(20(11,12)13)6(3)10-9(7)18-22(16,17)19-21(10,14)15/h4-5H,1-3H3,(H,11,12,13). The van der Waals surface area contributed by atoms with Crippen LogP contribution in [0.3, 0.4) is 0 Å². The van der Waals surface area contributed by atoms with E-state index in [1.807, 2.05) is 0 Å². The first-order valence-electron chi connectivity index (χ1n) is 5.82. The molecule has 0 aliphatic carbocycles. The van der Waals surface area contributed by atoms with Crippen LogP contribution in [0.25, 0.3) is 0 Å². The van der Waals surface area contributed by atoms with Gasteiger partial charge in [-0.25, -0.2) is 0 Å². The molecule has 1 aliphatic heterocycles. The monoisotopic (exact) mass is 372 g/mol. The maximum Gasteiger partial charge on any atom is 0.464 e. The molecule has 0 aromatic heterocycles. The van der Waals surface area contributed by atoms with Crippen molar-refractivity contribution >= 4 is 30.6 Å². The molecule has 2 rings (SSSR count). The van der Waals surface area contributed by atoms with Gasteiger partial charge in [0.25, 0.3) is 10.1 Å². The second-order valence-corrected chi connectivity index (χ2v) is 9.12. The number of benzene rings is 1. The predicted octanol–water partition coefficient (Wildman–Crippen LogP) is 0.708. The van der Waals surface area contributed by atoms with Crippen LogP contribution in [-0.2, 0) is 34.3 Å². The van der Waals surface area contributed by atoms with E-state index in [1.54, 1.807) is 13.8 Å². The highest BCUT2D eigenvalue weighted by Gasteiger charge is 2.41. The minimum atomic E-state index is -4.82. The number of hydrogen-bond donors (Lipinski definition) is 1. The predicted molar refractivity (Wildman–Crippen MR) is 72.9 cm³/mol. The summed E-state index contributed by atoms with van der Waals surface area (Å²) in [7, 11) is -14.4. The molecule has 0 fully saturated rings. The van der Waals surface area contributed by atoms with E-state index < -0.39 is 57.7 Å². The average Bonchev–Trinajstić information content (AvgIpc) is 2.22. The Hall–Kier alpha value is -1.21. The second kappa shape index (κ2) is 4.89. The van der Waals surface area contributed by atoms with Crippen molar-refractivity contribution in [1.29, 1.82) is 0 Å². The smallest absolute Gasteiger partial charge is 0.359 e. The fourth-order valence-electron chi connectivity index (χ4n) is 2.07. The van der Waals surface area contributed by atoms with E-state index in [0.29, 0.717) is 0 Å². The fourth-order valence-corrected chi connectivity index (χ4v) is 5.47. The van der Waals surface area contributed by atoms with Gasteiger partial charge in [0.2, 0.25) is 0 Å². The topological polar surface area (TPSA) is 141 Å². The first-order valence-corrected chi connectivity index (χ1v) is 10.00. The molecule has 0 unspecified atom stereocenters. The molecule has 1 heterocycles. The van der Waals surface area contributed by atoms with E-state index in [0.717, 1.165) is 13.0 Å². The van der Waals surface area contributed by atoms with Crippen LogP contribution in [0.5, 0.6) is 5.75 Å². The van der Waals surface area contributed by atoms with Gasteiger partial charge in [-0.15, -0.1) is 3.63 Å². The van der Waals surface area contributed by atoms with Crippen molar-refractivity contribution in [1.82, 2.24) is 0 Å². The van der Waals surface area contributed by atoms with Crippen LogP contribution in [0, 0.1) is 6.92 Å². The van der Waals surface area contributed by atoms with Gasteiger partial charge >= 0.3 is 20.5 Å². The largest absolute Gasteiger partial charge is 0.464 e. The normalized spacial score (nSPS) is 19.5. The molecule has 0 bridgehead atoms. The summed E-state index contributed by atoms with van der Waals surface area (Å²) in [5, 5.41) is 0. The molecular formula is C10H12O9S3. The molecule has 0 amide bonds. The molecule has 1 aromatic carbocycles. The first kappa shape index (κ1) is 17.1. The summed E-state index contributed by atoms with van der Waals surface area (Å²) in [6.07, 6.45) is 0. The Morgan fingerprint density at radius 1 is 1.18 bits per heavy atom. The molecular weight excluding hydrogens is 360 g/mol. The first-order chi connectivity index (χ1) is 9.76. The second-order valence-electron chi connectivity index (χ2n) is 4.89. The Kier molecular flexibility index (Phi) is 3.81. The molecule has 22 heavy (non-hydrogen) atoms. The minimum absolute atomic E-state index is 0.0105.